The number of hydrogen-bond acceptors (Lipinski definition) is 11. The minimum absolute atomic E-state index is 0.0316. The molecule has 2 aromatic rings. The number of rotatable bonds is 15. The maximum Gasteiger partial charge on any atom is 0.337 e. The number of carbonyl (C=O) groups is 2. The van der Waals surface area contributed by atoms with Crippen LogP contribution in [0.3, 0.4) is 0 Å². The molecule has 3 aliphatic rings. The first-order valence-electron chi connectivity index (χ1n) is 15.9. The third kappa shape index (κ3) is 8.56. The second-order valence-electron chi connectivity index (χ2n) is 11.3. The van der Waals surface area contributed by atoms with Crippen LogP contribution in [0.1, 0.15) is 40.7 Å². The Labute approximate surface area is 269 Å². The van der Waals surface area contributed by atoms with Crippen molar-refractivity contribution in [1.29, 1.82) is 0 Å². The molecule has 0 bridgehead atoms. The molecule has 1 fully saturated rings. The predicted octanol–water partition coefficient (Wildman–Crippen LogP) is 2.94. The summed E-state index contributed by atoms with van der Waals surface area (Å²) >= 11 is 0. The molecule has 0 aliphatic carbocycles. The van der Waals surface area contributed by atoms with Crippen LogP contribution in [0.2, 0.25) is 0 Å². The van der Waals surface area contributed by atoms with Crippen molar-refractivity contribution < 1.29 is 47.9 Å². The third-order valence-electron chi connectivity index (χ3n) is 8.35. The number of esters is 1. The number of allylic oxidation sites excluding steroid dienone is 1. The van der Waals surface area contributed by atoms with E-state index in [1.165, 1.54) is 7.11 Å². The first kappa shape index (κ1) is 33.7. The topological polar surface area (TPSA) is 125 Å². The molecule has 3 heterocycles. The van der Waals surface area contributed by atoms with E-state index in [-0.39, 0.29) is 43.5 Å². The summed E-state index contributed by atoms with van der Waals surface area (Å²) in [5.74, 6) is 0.834. The second-order valence-corrected chi connectivity index (χ2v) is 11.3. The average Bonchev–Trinajstić information content (AvgIpc) is 3.56. The van der Waals surface area contributed by atoms with Gasteiger partial charge in [0.25, 0.3) is 5.91 Å². The fourth-order valence-corrected chi connectivity index (χ4v) is 5.94. The van der Waals surface area contributed by atoms with Gasteiger partial charge in [-0.2, -0.15) is 0 Å². The number of aliphatic hydroxyl groups excluding tert-OH is 1. The molecule has 46 heavy (non-hydrogen) atoms. The number of nitrogens with zero attached hydrogens (tertiary/aromatic N) is 2. The lowest BCUT2D eigenvalue weighted by Gasteiger charge is -2.39. The normalized spacial score (nSPS) is 21.1. The third-order valence-corrected chi connectivity index (χ3v) is 8.35. The maximum absolute atomic E-state index is 13.9. The number of amides is 1. The fraction of sp³-hybridized carbons (Fsp3) is 0.529. The summed E-state index contributed by atoms with van der Waals surface area (Å²) in [6, 6.07) is 13.2. The van der Waals surface area contributed by atoms with Crippen LogP contribution in [-0.4, -0.2) is 113 Å². The Balaban J connectivity index is 1.27. The molecule has 0 aromatic heterocycles. The van der Waals surface area contributed by atoms with Crippen molar-refractivity contribution in [2.24, 2.45) is 5.92 Å². The molecular formula is C34H44N2O10. The molecule has 1 amide bonds. The SMILES string of the molecule is CCO[C@@H]1OC(C(=O)N2CCN(Cc3ccc4c(c3)OCO4)CC2)=C[C@H](c2ccc(C(=O)OC)cc2)[C@H]1CCOCCOCCO. The highest BCUT2D eigenvalue weighted by Gasteiger charge is 2.39. The molecule has 2 aromatic carbocycles. The Hall–Kier alpha value is -3.68. The van der Waals surface area contributed by atoms with Gasteiger partial charge in [-0.05, 0) is 54.8 Å². The molecule has 0 radical (unpaired) electrons. The molecule has 250 valence electrons. The Kier molecular flexibility index (Phi) is 12.3. The number of carbonyl (C=O) groups excluding carboxylic acids is 2. The number of piperazine rings is 1. The van der Waals surface area contributed by atoms with Gasteiger partial charge in [0.15, 0.2) is 17.3 Å². The highest BCUT2D eigenvalue weighted by atomic mass is 16.7. The van der Waals surface area contributed by atoms with Crippen molar-refractivity contribution in [2.75, 3.05) is 79.7 Å². The molecule has 12 heteroatoms. The maximum atomic E-state index is 13.9. The highest BCUT2D eigenvalue weighted by Crippen LogP contribution is 2.39. The fourth-order valence-electron chi connectivity index (χ4n) is 5.94. The van der Waals surface area contributed by atoms with Crippen LogP contribution in [-0.2, 0) is 35.0 Å². The van der Waals surface area contributed by atoms with Gasteiger partial charge in [0.05, 0.1) is 39.1 Å². The highest BCUT2D eigenvalue weighted by molar-refractivity contribution is 5.92. The molecule has 1 saturated heterocycles. The zero-order valence-electron chi connectivity index (χ0n) is 26.6. The Bertz CT molecular complexity index is 1330. The second kappa shape index (κ2) is 16.8. The van der Waals surface area contributed by atoms with Crippen molar-refractivity contribution in [3.8, 4) is 11.5 Å². The molecule has 1 N–H and O–H groups in total. The van der Waals surface area contributed by atoms with Crippen LogP contribution >= 0.6 is 0 Å². The summed E-state index contributed by atoms with van der Waals surface area (Å²) in [4.78, 5) is 30.1. The van der Waals surface area contributed by atoms with E-state index in [4.69, 9.17) is 38.3 Å². The number of hydrogen-bond donors (Lipinski definition) is 1. The van der Waals surface area contributed by atoms with E-state index in [0.717, 1.165) is 42.3 Å². The van der Waals surface area contributed by atoms with Crippen LogP contribution in [0.15, 0.2) is 54.3 Å². The number of ether oxygens (including phenoxy) is 7. The lowest BCUT2D eigenvalue weighted by atomic mass is 9.81. The van der Waals surface area contributed by atoms with E-state index >= 15 is 0 Å². The zero-order valence-corrected chi connectivity index (χ0v) is 26.6. The van der Waals surface area contributed by atoms with Crippen molar-refractivity contribution in [1.82, 2.24) is 9.80 Å². The lowest BCUT2D eigenvalue weighted by molar-refractivity contribution is -0.172. The molecular weight excluding hydrogens is 596 g/mol. The van der Waals surface area contributed by atoms with Crippen LogP contribution < -0.4 is 9.47 Å². The minimum Gasteiger partial charge on any atom is -0.465 e. The summed E-state index contributed by atoms with van der Waals surface area (Å²) in [5.41, 5.74) is 2.51. The Morgan fingerprint density at radius 1 is 0.935 bits per heavy atom. The van der Waals surface area contributed by atoms with Crippen LogP contribution in [0.4, 0.5) is 0 Å². The summed E-state index contributed by atoms with van der Waals surface area (Å²) in [5, 5.41) is 8.89. The zero-order chi connectivity index (χ0) is 32.3. The van der Waals surface area contributed by atoms with Gasteiger partial charge in [-0.25, -0.2) is 4.79 Å². The number of aliphatic hydroxyl groups is 1. The van der Waals surface area contributed by atoms with E-state index in [1.807, 2.05) is 48.2 Å². The number of methoxy groups -OCH3 is 1. The van der Waals surface area contributed by atoms with Crippen molar-refractivity contribution >= 4 is 11.9 Å². The van der Waals surface area contributed by atoms with Crippen LogP contribution in [0.25, 0.3) is 0 Å². The van der Waals surface area contributed by atoms with Gasteiger partial charge < -0.3 is 43.2 Å². The van der Waals surface area contributed by atoms with Gasteiger partial charge in [0.1, 0.15) is 0 Å². The molecule has 12 nitrogen and oxygen atoms in total. The van der Waals surface area contributed by atoms with Gasteiger partial charge in [-0.1, -0.05) is 18.2 Å². The average molecular weight is 641 g/mol. The first-order valence-corrected chi connectivity index (χ1v) is 15.9. The summed E-state index contributed by atoms with van der Waals surface area (Å²) in [7, 11) is 1.35. The van der Waals surface area contributed by atoms with E-state index in [2.05, 4.69) is 4.90 Å². The smallest absolute Gasteiger partial charge is 0.337 e. The minimum atomic E-state index is -0.666. The standard InChI is InChI=1S/C34H44N2O10/c1-3-43-34-27(10-16-41-18-19-42-17-15-37)28(25-5-7-26(8-6-25)33(39)40-2)21-31(46-34)32(38)36-13-11-35(12-14-36)22-24-4-9-29-30(20-24)45-23-44-29/h4-9,20-21,27-28,34,37H,3,10-19,22-23H2,1-2H3/t27-,28-,34-/m1/s1. The monoisotopic (exact) mass is 640 g/mol. The molecule has 0 unspecified atom stereocenters. The van der Waals surface area contributed by atoms with Crippen LogP contribution in [0, 0.1) is 5.92 Å². The van der Waals surface area contributed by atoms with E-state index in [1.54, 1.807) is 12.1 Å². The molecule has 0 spiro atoms. The van der Waals surface area contributed by atoms with Crippen molar-refractivity contribution in [3.05, 3.63) is 71.0 Å². The number of fused-ring (bicyclic) bond motifs is 1. The van der Waals surface area contributed by atoms with Crippen molar-refractivity contribution in [3.63, 3.8) is 0 Å². The summed E-state index contributed by atoms with van der Waals surface area (Å²) < 4.78 is 39.3. The van der Waals surface area contributed by atoms with Gasteiger partial charge in [-0.3, -0.25) is 9.69 Å². The van der Waals surface area contributed by atoms with Gasteiger partial charge in [0, 0.05) is 57.8 Å². The summed E-state index contributed by atoms with van der Waals surface area (Å²) in [6.45, 7) is 7.34. The van der Waals surface area contributed by atoms with E-state index in [9.17, 15) is 9.59 Å². The molecule has 5 rings (SSSR count). The Morgan fingerprint density at radius 2 is 1.67 bits per heavy atom. The predicted molar refractivity (Wildman–Crippen MR) is 166 cm³/mol. The number of benzene rings is 2. The van der Waals surface area contributed by atoms with E-state index in [0.29, 0.717) is 51.5 Å². The summed E-state index contributed by atoms with van der Waals surface area (Å²) in [6.07, 6.45) is 1.82. The van der Waals surface area contributed by atoms with Gasteiger partial charge in [0.2, 0.25) is 13.1 Å². The largest absolute Gasteiger partial charge is 0.465 e. The first-order chi connectivity index (χ1) is 22.5. The van der Waals surface area contributed by atoms with Gasteiger partial charge in [-0.15, -0.1) is 0 Å². The van der Waals surface area contributed by atoms with Crippen LogP contribution in [0.5, 0.6) is 11.5 Å². The van der Waals surface area contributed by atoms with E-state index < -0.39 is 12.3 Å². The molecule has 0 saturated carbocycles. The molecule has 3 atom stereocenters. The quantitative estimate of drug-likeness (QED) is 0.228. The van der Waals surface area contributed by atoms with Gasteiger partial charge >= 0.3 is 5.97 Å². The lowest BCUT2D eigenvalue weighted by Crippen LogP contribution is -2.50. The molecule has 3 aliphatic heterocycles. The van der Waals surface area contributed by atoms with Crippen molar-refractivity contribution in [2.45, 2.75) is 32.1 Å². The Morgan fingerprint density at radius 3 is 2.39 bits per heavy atom.